The Morgan fingerprint density at radius 2 is 0.634 bits per heavy atom. The monoisotopic (exact) mass is 678 g/mol. The van der Waals surface area contributed by atoms with Gasteiger partial charge in [0.05, 0.1) is 4.90 Å². The van der Waals surface area contributed by atoms with E-state index >= 15 is 0 Å². The third-order valence-electron chi connectivity index (χ3n) is 4.94. The highest BCUT2D eigenvalue weighted by molar-refractivity contribution is 7.92. The zero-order valence-electron chi connectivity index (χ0n) is 17.8. The lowest BCUT2D eigenvalue weighted by Crippen LogP contribution is -2.77. The van der Waals surface area contributed by atoms with Crippen LogP contribution < -0.4 is 0 Å². The number of sulfone groups is 1. The minimum atomic E-state index is -9.39. The van der Waals surface area contributed by atoms with Gasteiger partial charge >= 0.3 is 58.8 Å². The Morgan fingerprint density at radius 1 is 0.390 bits per heavy atom. The first-order chi connectivity index (χ1) is 17.5. The van der Waals surface area contributed by atoms with E-state index in [1.165, 1.54) is 0 Å². The number of benzene rings is 1. The van der Waals surface area contributed by atoms with E-state index in [2.05, 4.69) is 0 Å². The van der Waals surface area contributed by atoms with Crippen molar-refractivity contribution in [3.63, 3.8) is 0 Å². The molecule has 0 bridgehead atoms. The molecule has 1 rings (SSSR count). The fourth-order valence-electron chi connectivity index (χ4n) is 2.47. The van der Waals surface area contributed by atoms with Crippen molar-refractivity contribution in [2.45, 2.75) is 63.7 Å². The summed E-state index contributed by atoms with van der Waals surface area (Å²) in [4.78, 5) is -2.39. The molecule has 0 fully saturated rings. The summed E-state index contributed by atoms with van der Waals surface area (Å²) in [6.07, 6.45) is -8.10. The van der Waals surface area contributed by atoms with Crippen LogP contribution >= 0.6 is 0 Å². The second-order valence-corrected chi connectivity index (χ2v) is 9.56. The molecule has 0 spiro atoms. The molecule has 0 unspecified atom stereocenters. The van der Waals surface area contributed by atoms with Gasteiger partial charge in [-0.2, -0.15) is 92.2 Å². The molecular weight excluding hydrogens is 674 g/mol. The normalized spacial score (nSPS) is 16.2. The Hall–Kier alpha value is -2.37. The quantitative estimate of drug-likeness (QED) is 0.187. The van der Waals surface area contributed by atoms with Crippen LogP contribution in [0.15, 0.2) is 29.2 Å². The number of rotatable bonds is 10. The average Bonchev–Trinajstić information content (AvgIpc) is 2.77. The van der Waals surface area contributed by atoms with Crippen molar-refractivity contribution < 1.29 is 105 Å². The topological polar surface area (TPSA) is 34.1 Å². The molecule has 0 atom stereocenters. The molecule has 0 radical (unpaired) electrons. The lowest BCUT2D eigenvalue weighted by Gasteiger charge is -2.44. The molecule has 1 aromatic carbocycles. The molecule has 0 aliphatic carbocycles. The van der Waals surface area contributed by atoms with Crippen molar-refractivity contribution in [2.75, 3.05) is 0 Å². The van der Waals surface area contributed by atoms with Crippen molar-refractivity contribution >= 4 is 9.84 Å². The lowest BCUT2D eigenvalue weighted by atomic mass is 9.87. The highest BCUT2D eigenvalue weighted by Gasteiger charge is 2.98. The molecule has 0 aliphatic heterocycles. The van der Waals surface area contributed by atoms with E-state index < -0.39 is 91.5 Å². The van der Waals surface area contributed by atoms with Gasteiger partial charge in [0, 0.05) is 0 Å². The zero-order chi connectivity index (χ0) is 33.5. The first kappa shape index (κ1) is 36.7. The molecule has 0 aromatic heterocycles. The first-order valence-electron chi connectivity index (χ1n) is 8.97. The summed E-state index contributed by atoms with van der Waals surface area (Å²) in [6, 6.07) is -1.31. The van der Waals surface area contributed by atoms with Crippen LogP contribution in [0.25, 0.3) is 0 Å². The summed E-state index contributed by atoms with van der Waals surface area (Å²) < 4.78 is 316. The summed E-state index contributed by atoms with van der Waals surface area (Å²) in [6.45, 7) is 0. The van der Waals surface area contributed by atoms with Gasteiger partial charge in [0.25, 0.3) is 0 Å². The molecule has 0 aliphatic rings. The molecule has 41 heavy (non-hydrogen) atoms. The van der Waals surface area contributed by atoms with Crippen LogP contribution in [0, 0.1) is 5.82 Å². The van der Waals surface area contributed by atoms with Gasteiger partial charge in [0.1, 0.15) is 5.82 Å². The molecule has 0 heterocycles. The zero-order valence-corrected chi connectivity index (χ0v) is 18.7. The van der Waals surface area contributed by atoms with Crippen LogP contribution in [0.3, 0.4) is 0 Å². The highest BCUT2D eigenvalue weighted by atomic mass is 32.2. The van der Waals surface area contributed by atoms with Gasteiger partial charge < -0.3 is 0 Å². The molecular formula is C16H4F22O2S. The van der Waals surface area contributed by atoms with Gasteiger partial charge in [-0.25, -0.2) is 12.8 Å². The largest absolute Gasteiger partial charge is 0.460 e. The van der Waals surface area contributed by atoms with Crippen molar-refractivity contribution in [1.82, 2.24) is 0 Å². The maximum Gasteiger partial charge on any atom is 0.460 e. The summed E-state index contributed by atoms with van der Waals surface area (Å²) >= 11 is 0. The second-order valence-electron chi connectivity index (χ2n) is 7.57. The SMILES string of the molecule is O=S(=O)(c1ccc(F)cc1)C(F)(F)C(F)(F)C(F)(F)C(F)(F)C(F)(F)C(F)(F)C(F)(F)C(F)(F)C(F)(F)C(F)(F)F. The van der Waals surface area contributed by atoms with Crippen LogP contribution in [-0.2, 0) is 9.84 Å². The second kappa shape index (κ2) is 9.31. The van der Waals surface area contributed by atoms with Crippen molar-refractivity contribution in [3.05, 3.63) is 30.1 Å². The third kappa shape index (κ3) is 4.45. The fourth-order valence-corrected chi connectivity index (χ4v) is 3.73. The van der Waals surface area contributed by atoms with E-state index in [0.717, 1.165) is 0 Å². The molecule has 0 N–H and O–H groups in total. The molecule has 240 valence electrons. The smallest absolute Gasteiger partial charge is 0.217 e. The van der Waals surface area contributed by atoms with Crippen LogP contribution in [0.1, 0.15) is 0 Å². The van der Waals surface area contributed by atoms with Gasteiger partial charge in [-0.3, -0.25) is 0 Å². The Kier molecular flexibility index (Phi) is 8.33. The van der Waals surface area contributed by atoms with Crippen molar-refractivity contribution in [2.24, 2.45) is 0 Å². The summed E-state index contributed by atoms with van der Waals surface area (Å²) in [5, 5.41) is -7.88. The fraction of sp³-hybridized carbons (Fsp3) is 0.625. The Balaban J connectivity index is 3.89. The van der Waals surface area contributed by atoms with E-state index in [4.69, 9.17) is 0 Å². The molecule has 1 aromatic rings. The minimum Gasteiger partial charge on any atom is -0.217 e. The third-order valence-corrected chi connectivity index (χ3v) is 6.77. The predicted octanol–water partition coefficient (Wildman–Crippen LogP) is 7.84. The Labute approximate surface area is 209 Å². The minimum absolute atomic E-state index is 0.193. The van der Waals surface area contributed by atoms with Gasteiger partial charge in [-0.15, -0.1) is 0 Å². The first-order valence-corrected chi connectivity index (χ1v) is 10.5. The Bertz CT molecular complexity index is 1230. The van der Waals surface area contributed by atoms with E-state index in [1.807, 2.05) is 0 Å². The maximum absolute atomic E-state index is 14.0. The van der Waals surface area contributed by atoms with Gasteiger partial charge in [0.2, 0.25) is 9.84 Å². The molecule has 0 amide bonds. The van der Waals surface area contributed by atoms with Gasteiger partial charge in [-0.1, -0.05) is 0 Å². The van der Waals surface area contributed by atoms with Crippen molar-refractivity contribution in [1.29, 1.82) is 0 Å². The molecule has 0 saturated carbocycles. The molecule has 2 nitrogen and oxygen atoms in total. The van der Waals surface area contributed by atoms with Crippen LogP contribution in [-0.4, -0.2) is 67.2 Å². The van der Waals surface area contributed by atoms with Crippen LogP contribution in [0.5, 0.6) is 0 Å². The number of halogens is 22. The van der Waals surface area contributed by atoms with Crippen molar-refractivity contribution in [3.8, 4) is 0 Å². The van der Waals surface area contributed by atoms with Gasteiger partial charge in [-0.05, 0) is 24.3 Å². The molecule has 0 saturated heterocycles. The lowest BCUT2D eigenvalue weighted by molar-refractivity contribution is -0.472. The summed E-state index contributed by atoms with van der Waals surface area (Å²) in [7, 11) is -7.61. The van der Waals surface area contributed by atoms with E-state index in [0.29, 0.717) is 0 Å². The number of hydrogen-bond donors (Lipinski definition) is 0. The summed E-state index contributed by atoms with van der Waals surface area (Å²) in [5.74, 6) is -74.2. The average molecular weight is 678 g/mol. The number of alkyl halides is 21. The van der Waals surface area contributed by atoms with Crippen LogP contribution in [0.4, 0.5) is 96.6 Å². The van der Waals surface area contributed by atoms with E-state index in [1.54, 1.807) is 0 Å². The number of hydrogen-bond acceptors (Lipinski definition) is 2. The van der Waals surface area contributed by atoms with Crippen LogP contribution in [0.2, 0.25) is 0 Å². The highest BCUT2D eigenvalue weighted by Crippen LogP contribution is 2.66. The van der Waals surface area contributed by atoms with Gasteiger partial charge in [0.15, 0.2) is 0 Å². The maximum atomic E-state index is 14.0. The predicted molar refractivity (Wildman–Crippen MR) is 84.2 cm³/mol. The van der Waals surface area contributed by atoms with E-state index in [9.17, 15) is 105 Å². The standard InChI is InChI=1S/C16H4F22O2S/c17-5-1-3-6(4-2-5)41(39,40)16(37,38)14(32,33)12(28,29)10(24,25)8(20,21)7(18,19)9(22,23)11(26,27)13(30,31)15(34,35)36/h1-4H. The summed E-state index contributed by atoms with van der Waals surface area (Å²) in [5.41, 5.74) is 0. The van der Waals surface area contributed by atoms with E-state index in [-0.39, 0.29) is 12.1 Å². The Morgan fingerprint density at radius 3 is 0.902 bits per heavy atom. The molecule has 25 heteroatoms.